The van der Waals surface area contributed by atoms with E-state index in [4.69, 9.17) is 0 Å². The van der Waals surface area contributed by atoms with Crippen LogP contribution >= 0.6 is 33.9 Å². The fourth-order valence-electron chi connectivity index (χ4n) is 2.79. The molecule has 0 saturated heterocycles. The number of rotatable bonds is 3. The second kappa shape index (κ2) is 5.54. The van der Waals surface area contributed by atoms with Crippen molar-refractivity contribution < 1.29 is 0 Å². The summed E-state index contributed by atoms with van der Waals surface area (Å²) in [5.74, 6) is 0. The zero-order valence-electron chi connectivity index (χ0n) is 11.2. The van der Waals surface area contributed by atoms with E-state index in [1.165, 1.54) is 33.3 Å². The zero-order chi connectivity index (χ0) is 13.4. The molecule has 2 heterocycles. The van der Waals surface area contributed by atoms with Crippen LogP contribution in [0.4, 0.5) is 0 Å². The molecule has 1 aliphatic carbocycles. The molecule has 102 valence electrons. The summed E-state index contributed by atoms with van der Waals surface area (Å²) in [6, 6.07) is 2.87. The topological polar surface area (TPSA) is 29.9 Å². The first-order valence-electron chi connectivity index (χ1n) is 6.64. The van der Waals surface area contributed by atoms with Gasteiger partial charge in [-0.3, -0.25) is 4.68 Å². The maximum atomic E-state index is 4.40. The van der Waals surface area contributed by atoms with E-state index in [1.54, 1.807) is 4.88 Å². The molecule has 0 aromatic carbocycles. The summed E-state index contributed by atoms with van der Waals surface area (Å²) in [7, 11) is 1.98. The number of fused-ring (bicyclic) bond motifs is 1. The Hall–Kier alpha value is -0.400. The normalized spacial score (nSPS) is 18.6. The Morgan fingerprint density at radius 3 is 3.16 bits per heavy atom. The Morgan fingerprint density at radius 1 is 1.58 bits per heavy atom. The van der Waals surface area contributed by atoms with Gasteiger partial charge in [0.05, 0.1) is 8.58 Å². The number of hydrogen-bond acceptors (Lipinski definition) is 3. The molecule has 0 aliphatic heterocycles. The number of hydrogen-bond donors (Lipinski definition) is 1. The summed E-state index contributed by atoms with van der Waals surface area (Å²) in [5, 5.41) is 8.11. The van der Waals surface area contributed by atoms with E-state index in [0.29, 0.717) is 6.04 Å². The van der Waals surface area contributed by atoms with Crippen LogP contribution in [0.1, 0.15) is 40.6 Å². The predicted octanol–water partition coefficient (Wildman–Crippen LogP) is 3.56. The lowest BCUT2D eigenvalue weighted by Gasteiger charge is -2.23. The zero-order valence-corrected chi connectivity index (χ0v) is 14.2. The van der Waals surface area contributed by atoms with Gasteiger partial charge in [0.2, 0.25) is 0 Å². The Bertz CT molecular complexity index is 588. The average molecular weight is 387 g/mol. The van der Waals surface area contributed by atoms with Crippen molar-refractivity contribution in [3.05, 3.63) is 36.8 Å². The summed E-state index contributed by atoms with van der Waals surface area (Å²) in [5.41, 5.74) is 3.97. The van der Waals surface area contributed by atoms with E-state index in [9.17, 15) is 0 Å². The van der Waals surface area contributed by atoms with Gasteiger partial charge in [-0.25, -0.2) is 0 Å². The highest BCUT2D eigenvalue weighted by molar-refractivity contribution is 14.1. The van der Waals surface area contributed by atoms with Crippen molar-refractivity contribution in [2.45, 2.75) is 38.8 Å². The molecule has 0 amide bonds. The van der Waals surface area contributed by atoms with Crippen molar-refractivity contribution in [1.29, 1.82) is 0 Å². The average Bonchev–Trinajstić information content (AvgIpc) is 2.88. The molecule has 0 bridgehead atoms. The molecule has 1 aliphatic rings. The molecule has 3 nitrogen and oxygen atoms in total. The molecule has 0 fully saturated rings. The summed E-state index contributed by atoms with van der Waals surface area (Å²) < 4.78 is 3.31. The van der Waals surface area contributed by atoms with E-state index in [0.717, 1.165) is 12.2 Å². The van der Waals surface area contributed by atoms with Crippen molar-refractivity contribution in [3.63, 3.8) is 0 Å². The van der Waals surface area contributed by atoms with Crippen molar-refractivity contribution in [3.8, 4) is 0 Å². The van der Waals surface area contributed by atoms with Crippen LogP contribution in [0.15, 0.2) is 12.3 Å². The van der Waals surface area contributed by atoms with Crippen LogP contribution in [-0.4, -0.2) is 9.78 Å². The summed E-state index contributed by atoms with van der Waals surface area (Å²) in [6.45, 7) is 2.99. The molecule has 5 heteroatoms. The highest BCUT2D eigenvalue weighted by Gasteiger charge is 2.22. The number of thiophene rings is 1. The molecule has 2 aromatic heterocycles. The van der Waals surface area contributed by atoms with Crippen LogP contribution in [0.2, 0.25) is 0 Å². The minimum Gasteiger partial charge on any atom is -0.306 e. The van der Waals surface area contributed by atoms with Crippen LogP contribution in [0.3, 0.4) is 0 Å². The van der Waals surface area contributed by atoms with Gasteiger partial charge in [0, 0.05) is 36.3 Å². The van der Waals surface area contributed by atoms with Gasteiger partial charge in [0.1, 0.15) is 0 Å². The Kier molecular flexibility index (Phi) is 3.96. The highest BCUT2D eigenvalue weighted by atomic mass is 127. The molecular weight excluding hydrogens is 369 g/mol. The summed E-state index contributed by atoms with van der Waals surface area (Å²) in [4.78, 5) is 1.58. The van der Waals surface area contributed by atoms with Gasteiger partial charge >= 0.3 is 0 Å². The van der Waals surface area contributed by atoms with Crippen LogP contribution in [0, 0.1) is 9.81 Å². The molecule has 2 aromatic rings. The monoisotopic (exact) mass is 387 g/mol. The first-order valence-corrected chi connectivity index (χ1v) is 8.53. The van der Waals surface area contributed by atoms with Gasteiger partial charge < -0.3 is 5.32 Å². The number of halogens is 1. The van der Waals surface area contributed by atoms with Crippen LogP contribution in [-0.2, 0) is 20.0 Å². The predicted molar refractivity (Wildman–Crippen MR) is 87.5 cm³/mol. The summed E-state index contributed by atoms with van der Waals surface area (Å²) in [6.07, 6.45) is 5.92. The summed E-state index contributed by atoms with van der Waals surface area (Å²) >= 11 is 4.39. The van der Waals surface area contributed by atoms with E-state index < -0.39 is 0 Å². The molecule has 1 unspecified atom stereocenters. The highest BCUT2D eigenvalue weighted by Crippen LogP contribution is 2.36. The van der Waals surface area contributed by atoms with Crippen LogP contribution in [0.5, 0.6) is 0 Å². The molecule has 1 atom stereocenters. The standard InChI is InChI=1S/C14H18IN3S/c1-9-10(8-18(2)17-9)7-16-12-4-3-5-13-11(12)6-14(15)19-13/h6,8,12,16H,3-5,7H2,1-2H3. The molecule has 0 saturated carbocycles. The lowest BCUT2D eigenvalue weighted by atomic mass is 9.94. The SMILES string of the molecule is Cc1nn(C)cc1CNC1CCCc2sc(I)cc21. The smallest absolute Gasteiger partial charge is 0.0659 e. The van der Waals surface area contributed by atoms with Gasteiger partial charge in [-0.1, -0.05) is 0 Å². The fraction of sp³-hybridized carbons (Fsp3) is 0.500. The largest absolute Gasteiger partial charge is 0.306 e. The third-order valence-electron chi connectivity index (χ3n) is 3.74. The number of aromatic nitrogens is 2. The van der Waals surface area contributed by atoms with Gasteiger partial charge in [-0.05, 0) is 60.4 Å². The number of nitrogens with one attached hydrogen (secondary N) is 1. The minimum absolute atomic E-state index is 0.517. The molecule has 1 N–H and O–H groups in total. The molecule has 0 radical (unpaired) electrons. The second-order valence-electron chi connectivity index (χ2n) is 5.17. The lowest BCUT2D eigenvalue weighted by Crippen LogP contribution is -2.24. The van der Waals surface area contributed by atoms with Gasteiger partial charge in [0.15, 0.2) is 0 Å². The molecular formula is C14H18IN3S. The van der Waals surface area contributed by atoms with Crippen molar-refractivity contribution >= 4 is 33.9 Å². The first-order chi connectivity index (χ1) is 9.13. The Labute approximate surface area is 131 Å². The third kappa shape index (κ3) is 2.87. The minimum atomic E-state index is 0.517. The number of nitrogens with zero attached hydrogens (tertiary/aromatic N) is 2. The maximum absolute atomic E-state index is 4.40. The third-order valence-corrected chi connectivity index (χ3v) is 5.71. The van der Waals surface area contributed by atoms with E-state index >= 15 is 0 Å². The van der Waals surface area contributed by atoms with Crippen LogP contribution < -0.4 is 5.32 Å². The van der Waals surface area contributed by atoms with Gasteiger partial charge in [0.25, 0.3) is 0 Å². The lowest BCUT2D eigenvalue weighted by molar-refractivity contribution is 0.462. The maximum Gasteiger partial charge on any atom is 0.0659 e. The molecule has 3 rings (SSSR count). The van der Waals surface area contributed by atoms with E-state index in [1.807, 2.05) is 23.1 Å². The Balaban J connectivity index is 1.73. The van der Waals surface area contributed by atoms with E-state index in [2.05, 4.69) is 52.2 Å². The van der Waals surface area contributed by atoms with Crippen molar-refractivity contribution in [2.75, 3.05) is 0 Å². The molecule has 0 spiro atoms. The second-order valence-corrected chi connectivity index (χ2v) is 8.20. The number of aryl methyl sites for hydroxylation is 3. The van der Waals surface area contributed by atoms with Crippen molar-refractivity contribution in [1.82, 2.24) is 15.1 Å². The van der Waals surface area contributed by atoms with E-state index in [-0.39, 0.29) is 0 Å². The Morgan fingerprint density at radius 2 is 2.42 bits per heavy atom. The first kappa shape index (κ1) is 13.6. The molecule has 19 heavy (non-hydrogen) atoms. The van der Waals surface area contributed by atoms with Crippen molar-refractivity contribution in [2.24, 2.45) is 7.05 Å². The fourth-order valence-corrected chi connectivity index (χ4v) is 4.91. The van der Waals surface area contributed by atoms with Gasteiger partial charge in [-0.15, -0.1) is 11.3 Å². The van der Waals surface area contributed by atoms with Crippen LogP contribution in [0.25, 0.3) is 0 Å². The van der Waals surface area contributed by atoms with Gasteiger partial charge in [-0.2, -0.15) is 5.10 Å². The quantitative estimate of drug-likeness (QED) is 0.817.